The van der Waals surface area contributed by atoms with Crippen LogP contribution in [0.3, 0.4) is 0 Å². The first kappa shape index (κ1) is 14.4. The van der Waals surface area contributed by atoms with Crippen LogP contribution in [0.2, 0.25) is 5.02 Å². The number of methoxy groups -OCH3 is 1. The second kappa shape index (κ2) is 5.80. The molecule has 1 aromatic carbocycles. The SMILES string of the molecule is COCC(O)(Cc1cccc(Cl)c1F)C(C)C. The average Bonchev–Trinajstić information content (AvgIpc) is 2.25. The fourth-order valence-corrected chi connectivity index (χ4v) is 1.88. The van der Waals surface area contributed by atoms with Crippen molar-refractivity contribution in [1.29, 1.82) is 0 Å². The first-order chi connectivity index (χ1) is 7.90. The second-order valence-electron chi connectivity index (χ2n) is 4.58. The van der Waals surface area contributed by atoms with Gasteiger partial charge >= 0.3 is 0 Å². The Morgan fingerprint density at radius 2 is 2.12 bits per heavy atom. The minimum absolute atomic E-state index is 0.0409. The van der Waals surface area contributed by atoms with E-state index in [4.69, 9.17) is 16.3 Å². The molecule has 0 heterocycles. The van der Waals surface area contributed by atoms with Gasteiger partial charge in [0.05, 0.1) is 17.2 Å². The van der Waals surface area contributed by atoms with Gasteiger partial charge in [0.2, 0.25) is 0 Å². The molecule has 0 radical (unpaired) electrons. The summed E-state index contributed by atoms with van der Waals surface area (Å²) in [7, 11) is 1.52. The van der Waals surface area contributed by atoms with E-state index >= 15 is 0 Å². The fourth-order valence-electron chi connectivity index (χ4n) is 1.69. The van der Waals surface area contributed by atoms with E-state index in [-0.39, 0.29) is 24.0 Å². The summed E-state index contributed by atoms with van der Waals surface area (Å²) in [6, 6.07) is 4.80. The average molecular weight is 261 g/mol. The summed E-state index contributed by atoms with van der Waals surface area (Å²) in [5.41, 5.74) is -0.675. The van der Waals surface area contributed by atoms with E-state index in [9.17, 15) is 9.50 Å². The Balaban J connectivity index is 2.98. The predicted octanol–water partition coefficient (Wildman–Crippen LogP) is 3.06. The van der Waals surface area contributed by atoms with Crippen LogP contribution in [0.15, 0.2) is 18.2 Å². The molecule has 0 aromatic heterocycles. The van der Waals surface area contributed by atoms with Crippen molar-refractivity contribution in [2.45, 2.75) is 25.9 Å². The second-order valence-corrected chi connectivity index (χ2v) is 4.99. The lowest BCUT2D eigenvalue weighted by Crippen LogP contribution is -2.42. The van der Waals surface area contributed by atoms with E-state index in [0.29, 0.717) is 5.56 Å². The maximum absolute atomic E-state index is 13.8. The zero-order chi connectivity index (χ0) is 13.1. The highest BCUT2D eigenvalue weighted by Crippen LogP contribution is 2.26. The molecule has 0 amide bonds. The van der Waals surface area contributed by atoms with Crippen LogP contribution in [-0.2, 0) is 11.2 Å². The maximum atomic E-state index is 13.8. The number of hydrogen-bond acceptors (Lipinski definition) is 2. The van der Waals surface area contributed by atoms with Crippen LogP contribution in [0.5, 0.6) is 0 Å². The number of ether oxygens (including phenoxy) is 1. The zero-order valence-electron chi connectivity index (χ0n) is 10.3. The molecule has 0 spiro atoms. The molecule has 0 aliphatic heterocycles. The Labute approximate surface area is 106 Å². The van der Waals surface area contributed by atoms with Gasteiger partial charge in [0.1, 0.15) is 5.82 Å². The highest BCUT2D eigenvalue weighted by Gasteiger charge is 2.32. The summed E-state index contributed by atoms with van der Waals surface area (Å²) in [4.78, 5) is 0. The van der Waals surface area contributed by atoms with Crippen molar-refractivity contribution in [1.82, 2.24) is 0 Å². The Morgan fingerprint density at radius 3 is 2.65 bits per heavy atom. The van der Waals surface area contributed by atoms with Crippen molar-refractivity contribution in [2.24, 2.45) is 5.92 Å². The van der Waals surface area contributed by atoms with E-state index in [1.807, 2.05) is 13.8 Å². The van der Waals surface area contributed by atoms with Crippen molar-refractivity contribution in [3.8, 4) is 0 Å². The summed E-state index contributed by atoms with van der Waals surface area (Å²) in [6.45, 7) is 3.92. The molecule has 0 bridgehead atoms. The minimum atomic E-state index is -1.08. The molecule has 0 aliphatic carbocycles. The lowest BCUT2D eigenvalue weighted by Gasteiger charge is -2.31. The van der Waals surface area contributed by atoms with Gasteiger partial charge in [-0.2, -0.15) is 0 Å². The highest BCUT2D eigenvalue weighted by atomic mass is 35.5. The first-order valence-corrected chi connectivity index (χ1v) is 5.92. The number of hydrogen-bond donors (Lipinski definition) is 1. The number of benzene rings is 1. The number of aliphatic hydroxyl groups is 1. The van der Waals surface area contributed by atoms with Gasteiger partial charge in [-0.05, 0) is 17.5 Å². The van der Waals surface area contributed by atoms with Crippen LogP contribution < -0.4 is 0 Å². The third kappa shape index (κ3) is 3.41. The predicted molar refractivity (Wildman–Crippen MR) is 66.8 cm³/mol. The molecule has 0 saturated carbocycles. The molecule has 0 saturated heterocycles. The van der Waals surface area contributed by atoms with Crippen LogP contribution in [0, 0.1) is 11.7 Å². The van der Waals surface area contributed by atoms with Crippen molar-refractivity contribution in [3.63, 3.8) is 0 Å². The summed E-state index contributed by atoms with van der Waals surface area (Å²) in [5, 5.41) is 10.5. The lowest BCUT2D eigenvalue weighted by atomic mass is 9.85. The quantitative estimate of drug-likeness (QED) is 0.882. The smallest absolute Gasteiger partial charge is 0.145 e. The van der Waals surface area contributed by atoms with Crippen LogP contribution in [0.25, 0.3) is 0 Å². The van der Waals surface area contributed by atoms with Crippen LogP contribution in [-0.4, -0.2) is 24.4 Å². The molecule has 96 valence electrons. The van der Waals surface area contributed by atoms with Crippen LogP contribution in [0.1, 0.15) is 19.4 Å². The van der Waals surface area contributed by atoms with Gasteiger partial charge in [0.25, 0.3) is 0 Å². The van der Waals surface area contributed by atoms with Crippen LogP contribution >= 0.6 is 11.6 Å². The van der Waals surface area contributed by atoms with Crippen molar-refractivity contribution >= 4 is 11.6 Å². The van der Waals surface area contributed by atoms with Crippen molar-refractivity contribution in [3.05, 3.63) is 34.6 Å². The largest absolute Gasteiger partial charge is 0.387 e. The van der Waals surface area contributed by atoms with Gasteiger partial charge in [-0.25, -0.2) is 4.39 Å². The molecule has 1 unspecified atom stereocenters. The summed E-state index contributed by atoms with van der Waals surface area (Å²) in [6.07, 6.45) is 0.185. The van der Waals surface area contributed by atoms with E-state index in [1.165, 1.54) is 13.2 Å². The summed E-state index contributed by atoms with van der Waals surface area (Å²) < 4.78 is 18.8. The molecule has 1 rings (SSSR count). The van der Waals surface area contributed by atoms with Gasteiger partial charge in [-0.15, -0.1) is 0 Å². The first-order valence-electron chi connectivity index (χ1n) is 5.55. The summed E-state index contributed by atoms with van der Waals surface area (Å²) in [5.74, 6) is -0.509. The summed E-state index contributed by atoms with van der Waals surface area (Å²) >= 11 is 5.71. The van der Waals surface area contributed by atoms with Gasteiger partial charge in [-0.1, -0.05) is 37.6 Å². The number of halogens is 2. The monoisotopic (exact) mass is 260 g/mol. The Bertz CT molecular complexity index is 382. The minimum Gasteiger partial charge on any atom is -0.387 e. The fraction of sp³-hybridized carbons (Fsp3) is 0.538. The third-order valence-electron chi connectivity index (χ3n) is 3.00. The molecule has 1 aromatic rings. The van der Waals surface area contributed by atoms with Crippen molar-refractivity contribution in [2.75, 3.05) is 13.7 Å². The molecule has 17 heavy (non-hydrogen) atoms. The Hall–Kier alpha value is -0.640. The molecular formula is C13H18ClFO2. The zero-order valence-corrected chi connectivity index (χ0v) is 11.1. The van der Waals surface area contributed by atoms with E-state index in [0.717, 1.165) is 0 Å². The Morgan fingerprint density at radius 1 is 1.47 bits per heavy atom. The molecule has 1 atom stereocenters. The van der Waals surface area contributed by atoms with Gasteiger partial charge in [0.15, 0.2) is 0 Å². The highest BCUT2D eigenvalue weighted by molar-refractivity contribution is 6.30. The topological polar surface area (TPSA) is 29.5 Å². The standard InChI is InChI=1S/C13H18ClFO2/c1-9(2)13(16,8-17-3)7-10-5-4-6-11(14)12(10)15/h4-6,9,16H,7-8H2,1-3H3. The molecular weight excluding hydrogens is 243 g/mol. The molecule has 1 N–H and O–H groups in total. The van der Waals surface area contributed by atoms with Gasteiger partial charge in [0, 0.05) is 13.5 Å². The van der Waals surface area contributed by atoms with Gasteiger partial charge < -0.3 is 9.84 Å². The number of rotatable bonds is 5. The van der Waals surface area contributed by atoms with E-state index in [1.54, 1.807) is 12.1 Å². The van der Waals surface area contributed by atoms with Crippen molar-refractivity contribution < 1.29 is 14.2 Å². The van der Waals surface area contributed by atoms with E-state index in [2.05, 4.69) is 0 Å². The maximum Gasteiger partial charge on any atom is 0.145 e. The molecule has 4 heteroatoms. The molecule has 0 fully saturated rings. The third-order valence-corrected chi connectivity index (χ3v) is 3.29. The molecule has 0 aliphatic rings. The Kier molecular flexibility index (Phi) is 4.92. The molecule has 2 nitrogen and oxygen atoms in total. The lowest BCUT2D eigenvalue weighted by molar-refractivity contribution is -0.0641. The normalized spacial score (nSPS) is 15.0. The van der Waals surface area contributed by atoms with E-state index < -0.39 is 11.4 Å². The van der Waals surface area contributed by atoms with Crippen LogP contribution in [0.4, 0.5) is 4.39 Å². The van der Waals surface area contributed by atoms with Gasteiger partial charge in [-0.3, -0.25) is 0 Å².